The van der Waals surface area contributed by atoms with Crippen LogP contribution in [0.1, 0.15) is 41.5 Å². The maximum atomic E-state index is 11.4. The Balaban J connectivity index is 4.46. The van der Waals surface area contributed by atoms with Gasteiger partial charge in [-0.15, -0.1) is 0 Å². The van der Waals surface area contributed by atoms with Gasteiger partial charge in [0.1, 0.15) is 0 Å². The molecule has 12 heavy (non-hydrogen) atoms. The summed E-state index contributed by atoms with van der Waals surface area (Å²) in [5.74, 6) is 0.324. The first-order valence-electron chi connectivity index (χ1n) is 4.34. The second kappa shape index (κ2) is 3.83. The first kappa shape index (κ1) is 11.3. The SMILES string of the molecule is CC(=NC(=O)C(C)(C)C)C(C)C. The Morgan fingerprint density at radius 1 is 1.25 bits per heavy atom. The Hall–Kier alpha value is -0.660. The summed E-state index contributed by atoms with van der Waals surface area (Å²) < 4.78 is 0. The number of hydrogen-bond acceptors (Lipinski definition) is 1. The van der Waals surface area contributed by atoms with E-state index in [1.54, 1.807) is 0 Å². The largest absolute Gasteiger partial charge is 0.272 e. The summed E-state index contributed by atoms with van der Waals surface area (Å²) in [5.41, 5.74) is 0.561. The van der Waals surface area contributed by atoms with Gasteiger partial charge in [-0.2, -0.15) is 0 Å². The Morgan fingerprint density at radius 2 is 1.67 bits per heavy atom. The van der Waals surface area contributed by atoms with Crippen LogP contribution in [-0.2, 0) is 4.79 Å². The van der Waals surface area contributed by atoms with Gasteiger partial charge in [0.15, 0.2) is 0 Å². The lowest BCUT2D eigenvalue weighted by molar-refractivity contribution is -0.124. The summed E-state index contributed by atoms with van der Waals surface area (Å²) in [5, 5.41) is 0. The summed E-state index contributed by atoms with van der Waals surface area (Å²) in [6.45, 7) is 11.6. The van der Waals surface area contributed by atoms with Crippen molar-refractivity contribution in [3.05, 3.63) is 0 Å². The van der Waals surface area contributed by atoms with Crippen LogP contribution in [0.5, 0.6) is 0 Å². The molecule has 0 fully saturated rings. The van der Waals surface area contributed by atoms with E-state index in [1.165, 1.54) is 0 Å². The lowest BCUT2D eigenvalue weighted by Crippen LogP contribution is -2.20. The molecule has 0 unspecified atom stereocenters. The second-order valence-electron chi connectivity index (χ2n) is 4.46. The van der Waals surface area contributed by atoms with Gasteiger partial charge in [-0.1, -0.05) is 34.6 Å². The number of aliphatic imine (C=N–C) groups is 1. The van der Waals surface area contributed by atoms with Crippen LogP contribution in [0, 0.1) is 11.3 Å². The van der Waals surface area contributed by atoms with Crippen molar-refractivity contribution in [3.8, 4) is 0 Å². The molecule has 0 heterocycles. The van der Waals surface area contributed by atoms with E-state index in [1.807, 2.05) is 41.5 Å². The molecule has 0 aliphatic heterocycles. The van der Waals surface area contributed by atoms with Crippen molar-refractivity contribution < 1.29 is 4.79 Å². The Bertz CT molecular complexity index is 196. The van der Waals surface area contributed by atoms with Gasteiger partial charge in [0.25, 0.3) is 5.91 Å². The van der Waals surface area contributed by atoms with Gasteiger partial charge >= 0.3 is 0 Å². The number of rotatable bonds is 1. The average Bonchev–Trinajstić information content (AvgIpc) is 1.85. The number of carbonyl (C=O) groups is 1. The first-order valence-corrected chi connectivity index (χ1v) is 4.34. The van der Waals surface area contributed by atoms with Crippen LogP contribution in [0.3, 0.4) is 0 Å². The molecule has 0 bridgehead atoms. The van der Waals surface area contributed by atoms with Crippen LogP contribution < -0.4 is 0 Å². The molecule has 0 radical (unpaired) electrons. The Labute approximate surface area is 75.1 Å². The molecule has 0 aromatic heterocycles. The van der Waals surface area contributed by atoms with Crippen molar-refractivity contribution in [1.82, 2.24) is 0 Å². The maximum Gasteiger partial charge on any atom is 0.250 e. The molecule has 0 aliphatic carbocycles. The van der Waals surface area contributed by atoms with E-state index in [-0.39, 0.29) is 11.3 Å². The van der Waals surface area contributed by atoms with E-state index in [2.05, 4.69) is 4.99 Å². The molecule has 0 spiro atoms. The van der Waals surface area contributed by atoms with E-state index in [0.29, 0.717) is 5.92 Å². The third-order valence-corrected chi connectivity index (χ3v) is 1.76. The van der Waals surface area contributed by atoms with E-state index >= 15 is 0 Å². The molecule has 70 valence electrons. The molecule has 0 N–H and O–H groups in total. The van der Waals surface area contributed by atoms with Crippen molar-refractivity contribution in [2.75, 3.05) is 0 Å². The Morgan fingerprint density at radius 3 is 1.92 bits per heavy atom. The summed E-state index contributed by atoms with van der Waals surface area (Å²) in [4.78, 5) is 15.4. The highest BCUT2D eigenvalue weighted by Crippen LogP contribution is 2.15. The highest BCUT2D eigenvalue weighted by molar-refractivity contribution is 5.97. The molecular weight excluding hydrogens is 150 g/mol. The minimum Gasteiger partial charge on any atom is -0.272 e. The normalized spacial score (nSPS) is 13.8. The summed E-state index contributed by atoms with van der Waals surface area (Å²) in [6, 6.07) is 0. The number of carbonyl (C=O) groups excluding carboxylic acids is 1. The molecule has 0 rings (SSSR count). The molecule has 1 amide bonds. The number of nitrogens with zero attached hydrogens (tertiary/aromatic N) is 1. The van der Waals surface area contributed by atoms with Crippen molar-refractivity contribution in [1.29, 1.82) is 0 Å². The minimum absolute atomic E-state index is 0.0336. The topological polar surface area (TPSA) is 29.4 Å². The van der Waals surface area contributed by atoms with Crippen molar-refractivity contribution >= 4 is 11.6 Å². The second-order valence-corrected chi connectivity index (χ2v) is 4.46. The van der Waals surface area contributed by atoms with Crippen molar-refractivity contribution in [2.24, 2.45) is 16.3 Å². The van der Waals surface area contributed by atoms with Crippen molar-refractivity contribution in [2.45, 2.75) is 41.5 Å². The van der Waals surface area contributed by atoms with Crippen LogP contribution in [-0.4, -0.2) is 11.6 Å². The first-order chi connectivity index (χ1) is 5.25. The fraction of sp³-hybridized carbons (Fsp3) is 0.800. The van der Waals surface area contributed by atoms with Gasteiger partial charge in [0.05, 0.1) is 0 Å². The molecule has 0 aromatic rings. The van der Waals surface area contributed by atoms with Gasteiger partial charge in [-0.3, -0.25) is 4.79 Å². The molecule has 0 saturated carbocycles. The minimum atomic E-state index is -0.351. The highest BCUT2D eigenvalue weighted by atomic mass is 16.1. The zero-order valence-electron chi connectivity index (χ0n) is 8.93. The molecule has 0 atom stereocenters. The van der Waals surface area contributed by atoms with Crippen LogP contribution in [0.4, 0.5) is 0 Å². The molecule has 0 aliphatic rings. The van der Waals surface area contributed by atoms with Gasteiger partial charge in [-0.25, -0.2) is 4.99 Å². The average molecular weight is 169 g/mol. The smallest absolute Gasteiger partial charge is 0.250 e. The standard InChI is InChI=1S/C10H19NO/c1-7(2)8(3)11-9(12)10(4,5)6/h7H,1-6H3. The van der Waals surface area contributed by atoms with Gasteiger partial charge in [-0.05, 0) is 12.8 Å². The lowest BCUT2D eigenvalue weighted by Gasteiger charge is -2.13. The Kier molecular flexibility index (Phi) is 3.62. The van der Waals surface area contributed by atoms with Gasteiger partial charge in [0.2, 0.25) is 0 Å². The van der Waals surface area contributed by atoms with Crippen LogP contribution in [0.2, 0.25) is 0 Å². The molecule has 0 saturated heterocycles. The summed E-state index contributed by atoms with van der Waals surface area (Å²) in [6.07, 6.45) is 0. The fourth-order valence-electron chi connectivity index (χ4n) is 0.457. The third-order valence-electron chi connectivity index (χ3n) is 1.76. The predicted molar refractivity (Wildman–Crippen MR) is 52.4 cm³/mol. The quantitative estimate of drug-likeness (QED) is 0.555. The molecule has 2 heteroatoms. The van der Waals surface area contributed by atoms with Gasteiger partial charge in [0, 0.05) is 11.1 Å². The maximum absolute atomic E-state index is 11.4. The van der Waals surface area contributed by atoms with E-state index in [9.17, 15) is 4.79 Å². The van der Waals surface area contributed by atoms with Crippen LogP contribution >= 0.6 is 0 Å². The zero-order valence-corrected chi connectivity index (χ0v) is 8.93. The fourth-order valence-corrected chi connectivity index (χ4v) is 0.457. The monoisotopic (exact) mass is 169 g/mol. The van der Waals surface area contributed by atoms with Crippen molar-refractivity contribution in [3.63, 3.8) is 0 Å². The highest BCUT2D eigenvalue weighted by Gasteiger charge is 2.20. The van der Waals surface area contributed by atoms with E-state index < -0.39 is 0 Å². The number of amides is 1. The van der Waals surface area contributed by atoms with E-state index in [0.717, 1.165) is 5.71 Å². The van der Waals surface area contributed by atoms with Gasteiger partial charge < -0.3 is 0 Å². The summed E-state index contributed by atoms with van der Waals surface area (Å²) in [7, 11) is 0. The zero-order chi connectivity index (χ0) is 9.94. The molecule has 0 aromatic carbocycles. The van der Waals surface area contributed by atoms with E-state index in [4.69, 9.17) is 0 Å². The number of hydrogen-bond donors (Lipinski definition) is 0. The molecule has 2 nitrogen and oxygen atoms in total. The predicted octanol–water partition coefficient (Wildman–Crippen LogP) is 2.68. The van der Waals surface area contributed by atoms with Crippen LogP contribution in [0.25, 0.3) is 0 Å². The van der Waals surface area contributed by atoms with Crippen LogP contribution in [0.15, 0.2) is 4.99 Å². The summed E-state index contributed by atoms with van der Waals surface area (Å²) >= 11 is 0. The lowest BCUT2D eigenvalue weighted by atomic mass is 9.96. The third kappa shape index (κ3) is 3.65. The molecular formula is C10H19NO.